The number of carbonyl (C=O) groups is 1. The van der Waals surface area contributed by atoms with Gasteiger partial charge in [0, 0.05) is 23.5 Å². The molecule has 0 saturated carbocycles. The topological polar surface area (TPSA) is 58.6 Å². The molecule has 0 bridgehead atoms. The van der Waals surface area contributed by atoms with Crippen LogP contribution in [-0.4, -0.2) is 30.3 Å². The first-order valence-electron chi connectivity index (χ1n) is 8.04. The van der Waals surface area contributed by atoms with Crippen LogP contribution in [0.3, 0.4) is 0 Å². The summed E-state index contributed by atoms with van der Waals surface area (Å²) >= 11 is 9.53. The molecule has 0 aliphatic rings. The Kier molecular flexibility index (Phi) is 7.75. The Bertz CT molecular complexity index is 711. The Morgan fingerprint density at radius 1 is 1.24 bits per heavy atom. The fraction of sp³-hybridized carbons (Fsp3) is 0.316. The maximum Gasteiger partial charge on any atom is 0.260 e. The van der Waals surface area contributed by atoms with E-state index >= 15 is 0 Å². The summed E-state index contributed by atoms with van der Waals surface area (Å²) in [6.45, 7) is 2.02. The van der Waals surface area contributed by atoms with Crippen molar-refractivity contribution in [1.29, 1.82) is 0 Å². The SMILES string of the molecule is C[C@@H](Oc1ccccc1Cl)C(=O)NC[C@H](CO)Cc1ccccc1Br. The van der Waals surface area contributed by atoms with E-state index in [2.05, 4.69) is 21.2 Å². The molecule has 2 rings (SSSR count). The molecule has 134 valence electrons. The van der Waals surface area contributed by atoms with Gasteiger partial charge in [0.25, 0.3) is 5.91 Å². The second-order valence-electron chi connectivity index (χ2n) is 5.78. The van der Waals surface area contributed by atoms with Crippen molar-refractivity contribution < 1.29 is 14.6 Å². The minimum absolute atomic E-state index is 0.0125. The lowest BCUT2D eigenvalue weighted by molar-refractivity contribution is -0.127. The van der Waals surface area contributed by atoms with Crippen molar-refractivity contribution in [3.63, 3.8) is 0 Å². The molecule has 0 radical (unpaired) electrons. The summed E-state index contributed by atoms with van der Waals surface area (Å²) < 4.78 is 6.59. The number of rotatable bonds is 8. The van der Waals surface area contributed by atoms with Crippen LogP contribution in [0.2, 0.25) is 5.02 Å². The summed E-state index contributed by atoms with van der Waals surface area (Å²) in [6.07, 6.45) is -0.0134. The van der Waals surface area contributed by atoms with Crippen molar-refractivity contribution in [2.75, 3.05) is 13.2 Å². The second-order valence-corrected chi connectivity index (χ2v) is 7.04. The molecule has 2 N–H and O–H groups in total. The summed E-state index contributed by atoms with van der Waals surface area (Å²) in [5.41, 5.74) is 1.09. The maximum atomic E-state index is 12.2. The summed E-state index contributed by atoms with van der Waals surface area (Å²) in [6, 6.07) is 14.9. The van der Waals surface area contributed by atoms with Crippen LogP contribution < -0.4 is 10.1 Å². The number of halogens is 2. The molecule has 0 aliphatic carbocycles. The number of benzene rings is 2. The zero-order valence-electron chi connectivity index (χ0n) is 13.9. The van der Waals surface area contributed by atoms with Gasteiger partial charge in [-0.1, -0.05) is 57.9 Å². The molecule has 0 spiro atoms. The molecule has 4 nitrogen and oxygen atoms in total. The van der Waals surface area contributed by atoms with E-state index in [9.17, 15) is 9.90 Å². The summed E-state index contributed by atoms with van der Waals surface area (Å²) in [7, 11) is 0. The first kappa shape index (κ1) is 19.8. The number of amides is 1. The molecule has 0 saturated heterocycles. The van der Waals surface area contributed by atoms with Gasteiger partial charge >= 0.3 is 0 Å². The Hall–Kier alpha value is -1.56. The number of aliphatic hydroxyl groups excluding tert-OH is 1. The van der Waals surface area contributed by atoms with E-state index in [4.69, 9.17) is 16.3 Å². The first-order chi connectivity index (χ1) is 12.0. The second kappa shape index (κ2) is 9.80. The van der Waals surface area contributed by atoms with Gasteiger partial charge in [-0.2, -0.15) is 0 Å². The number of nitrogens with one attached hydrogen (secondary N) is 1. The van der Waals surface area contributed by atoms with Crippen LogP contribution in [0.1, 0.15) is 12.5 Å². The van der Waals surface area contributed by atoms with E-state index in [1.165, 1.54) is 0 Å². The van der Waals surface area contributed by atoms with Crippen LogP contribution in [0, 0.1) is 5.92 Å². The van der Waals surface area contributed by atoms with E-state index in [0.29, 0.717) is 23.7 Å². The van der Waals surface area contributed by atoms with E-state index in [1.807, 2.05) is 24.3 Å². The lowest BCUT2D eigenvalue weighted by Gasteiger charge is -2.19. The lowest BCUT2D eigenvalue weighted by atomic mass is 10.00. The molecule has 0 fully saturated rings. The number of hydrogen-bond acceptors (Lipinski definition) is 3. The van der Waals surface area contributed by atoms with Crippen molar-refractivity contribution in [3.8, 4) is 5.75 Å². The van der Waals surface area contributed by atoms with Gasteiger partial charge in [-0.05, 0) is 37.1 Å². The van der Waals surface area contributed by atoms with Crippen LogP contribution in [0.4, 0.5) is 0 Å². The van der Waals surface area contributed by atoms with Gasteiger partial charge in [-0.25, -0.2) is 0 Å². The number of ether oxygens (including phenoxy) is 1. The van der Waals surface area contributed by atoms with Crippen molar-refractivity contribution in [1.82, 2.24) is 5.32 Å². The molecule has 0 heterocycles. The zero-order chi connectivity index (χ0) is 18.2. The molecule has 2 atom stereocenters. The molecular formula is C19H21BrClNO3. The van der Waals surface area contributed by atoms with Gasteiger partial charge in [0.05, 0.1) is 5.02 Å². The van der Waals surface area contributed by atoms with Crippen molar-refractivity contribution in [2.45, 2.75) is 19.4 Å². The maximum absolute atomic E-state index is 12.2. The highest BCUT2D eigenvalue weighted by molar-refractivity contribution is 9.10. The molecular weight excluding hydrogens is 406 g/mol. The smallest absolute Gasteiger partial charge is 0.260 e. The van der Waals surface area contributed by atoms with Gasteiger partial charge in [0.15, 0.2) is 6.10 Å². The predicted molar refractivity (Wildman–Crippen MR) is 103 cm³/mol. The highest BCUT2D eigenvalue weighted by atomic mass is 79.9. The van der Waals surface area contributed by atoms with E-state index in [-0.39, 0.29) is 18.4 Å². The van der Waals surface area contributed by atoms with Crippen molar-refractivity contribution in [2.24, 2.45) is 5.92 Å². The fourth-order valence-corrected chi connectivity index (χ4v) is 2.98. The Morgan fingerprint density at radius 2 is 1.92 bits per heavy atom. The van der Waals surface area contributed by atoms with E-state index in [0.717, 1.165) is 10.0 Å². The quantitative estimate of drug-likeness (QED) is 0.674. The molecule has 0 unspecified atom stereocenters. The van der Waals surface area contributed by atoms with Crippen molar-refractivity contribution in [3.05, 3.63) is 63.6 Å². The number of aliphatic hydroxyl groups is 1. The van der Waals surface area contributed by atoms with Gasteiger partial charge < -0.3 is 15.2 Å². The van der Waals surface area contributed by atoms with Gasteiger partial charge in [0.2, 0.25) is 0 Å². The van der Waals surface area contributed by atoms with Crippen LogP contribution in [0.25, 0.3) is 0 Å². The van der Waals surface area contributed by atoms with Gasteiger partial charge in [0.1, 0.15) is 5.75 Å². The van der Waals surface area contributed by atoms with Gasteiger partial charge in [-0.3, -0.25) is 4.79 Å². The normalized spacial score (nSPS) is 13.1. The standard InChI is InChI=1S/C19H21BrClNO3/c1-13(25-18-9-5-4-8-17(18)21)19(24)22-11-14(12-23)10-15-6-2-3-7-16(15)20/h2-9,13-14,23H,10-12H2,1H3,(H,22,24)/t13-,14-/m1/s1. The van der Waals surface area contributed by atoms with Crippen LogP contribution in [-0.2, 0) is 11.2 Å². The third-order valence-corrected chi connectivity index (χ3v) is 4.89. The molecule has 1 amide bonds. The molecule has 2 aromatic rings. The molecule has 6 heteroatoms. The fourth-order valence-electron chi connectivity index (χ4n) is 2.35. The minimum Gasteiger partial charge on any atom is -0.479 e. The van der Waals surface area contributed by atoms with E-state index in [1.54, 1.807) is 31.2 Å². The molecule has 0 aromatic heterocycles. The highest BCUT2D eigenvalue weighted by Crippen LogP contribution is 2.24. The third kappa shape index (κ3) is 6.03. The van der Waals surface area contributed by atoms with Gasteiger partial charge in [-0.15, -0.1) is 0 Å². The summed E-state index contributed by atoms with van der Waals surface area (Å²) in [5.74, 6) is 0.152. The lowest BCUT2D eigenvalue weighted by Crippen LogP contribution is -2.40. The number of hydrogen-bond donors (Lipinski definition) is 2. The summed E-state index contributed by atoms with van der Waals surface area (Å²) in [5, 5.41) is 12.9. The van der Waals surface area contributed by atoms with Crippen molar-refractivity contribution >= 4 is 33.4 Å². The average Bonchev–Trinajstić information content (AvgIpc) is 2.61. The highest BCUT2D eigenvalue weighted by Gasteiger charge is 2.18. The minimum atomic E-state index is -0.678. The summed E-state index contributed by atoms with van der Waals surface area (Å²) in [4.78, 5) is 12.2. The monoisotopic (exact) mass is 425 g/mol. The predicted octanol–water partition coefficient (Wildman–Crippen LogP) is 3.84. The Labute approximate surface area is 161 Å². The molecule has 25 heavy (non-hydrogen) atoms. The molecule has 0 aliphatic heterocycles. The van der Waals surface area contributed by atoms with Crippen LogP contribution in [0.5, 0.6) is 5.75 Å². The zero-order valence-corrected chi connectivity index (χ0v) is 16.3. The first-order valence-corrected chi connectivity index (χ1v) is 9.21. The van der Waals surface area contributed by atoms with Crippen LogP contribution >= 0.6 is 27.5 Å². The Morgan fingerprint density at radius 3 is 2.60 bits per heavy atom. The average molecular weight is 427 g/mol. The Balaban J connectivity index is 1.87. The van der Waals surface area contributed by atoms with E-state index < -0.39 is 6.10 Å². The third-order valence-electron chi connectivity index (χ3n) is 3.80. The largest absolute Gasteiger partial charge is 0.479 e. The van der Waals surface area contributed by atoms with Crippen LogP contribution in [0.15, 0.2) is 53.0 Å². The molecule has 2 aromatic carbocycles. The number of carbonyl (C=O) groups excluding carboxylic acids is 1. The number of para-hydroxylation sites is 1.